The lowest BCUT2D eigenvalue weighted by atomic mass is 10.2. The van der Waals surface area contributed by atoms with Crippen molar-refractivity contribution in [3.8, 4) is 17.1 Å². The van der Waals surface area contributed by atoms with E-state index in [9.17, 15) is 0 Å². The Morgan fingerprint density at radius 1 is 1.04 bits per heavy atom. The van der Waals surface area contributed by atoms with Gasteiger partial charge in [-0.2, -0.15) is 5.10 Å². The molecule has 3 aromatic heterocycles. The van der Waals surface area contributed by atoms with Crippen molar-refractivity contribution in [3.63, 3.8) is 0 Å². The van der Waals surface area contributed by atoms with E-state index < -0.39 is 0 Å². The number of imidazole rings is 1. The Kier molecular flexibility index (Phi) is 4.14. The molecule has 126 valence electrons. The summed E-state index contributed by atoms with van der Waals surface area (Å²) in [6.07, 6.45) is 5.24. The molecular weight excluding hydrogens is 318 g/mol. The third-order valence-corrected chi connectivity index (χ3v) is 3.90. The summed E-state index contributed by atoms with van der Waals surface area (Å²) >= 11 is 0. The average Bonchev–Trinajstić information content (AvgIpc) is 3.30. The maximum atomic E-state index is 9.02. The molecule has 25 heavy (non-hydrogen) atoms. The van der Waals surface area contributed by atoms with Crippen LogP contribution >= 0.6 is 0 Å². The zero-order valence-corrected chi connectivity index (χ0v) is 13.5. The predicted octanol–water partition coefficient (Wildman–Crippen LogP) is 2.01. The molecule has 0 radical (unpaired) electrons. The lowest BCUT2D eigenvalue weighted by Crippen LogP contribution is -2.08. The first-order valence-corrected chi connectivity index (χ1v) is 7.98. The number of ether oxygens (including phenoxy) is 1. The van der Waals surface area contributed by atoms with Crippen LogP contribution in [0.4, 0.5) is 0 Å². The van der Waals surface area contributed by atoms with Gasteiger partial charge in [-0.1, -0.05) is 18.2 Å². The summed E-state index contributed by atoms with van der Waals surface area (Å²) in [6.45, 7) is 0.817. The second kappa shape index (κ2) is 6.74. The van der Waals surface area contributed by atoms with Crippen molar-refractivity contribution >= 4 is 5.65 Å². The van der Waals surface area contributed by atoms with Crippen molar-refractivity contribution in [2.24, 2.45) is 0 Å². The fourth-order valence-electron chi connectivity index (χ4n) is 2.81. The van der Waals surface area contributed by atoms with Crippen molar-refractivity contribution in [3.05, 3.63) is 66.9 Å². The van der Waals surface area contributed by atoms with Crippen LogP contribution in [-0.2, 0) is 6.54 Å². The van der Waals surface area contributed by atoms with Gasteiger partial charge in [0.15, 0.2) is 5.65 Å². The number of hydrogen-bond acceptors (Lipinski definition) is 5. The first-order valence-electron chi connectivity index (χ1n) is 7.98. The molecule has 0 amide bonds. The van der Waals surface area contributed by atoms with Crippen LogP contribution in [0, 0.1) is 0 Å². The van der Waals surface area contributed by atoms with E-state index in [1.165, 1.54) is 0 Å². The SMILES string of the molecule is OCCOc1ccccc1-c1nccn1Cc1cccc2ncnn12. The van der Waals surface area contributed by atoms with Gasteiger partial charge >= 0.3 is 0 Å². The topological polar surface area (TPSA) is 77.5 Å². The molecule has 7 nitrogen and oxygen atoms in total. The molecule has 0 atom stereocenters. The number of fused-ring (bicyclic) bond motifs is 1. The lowest BCUT2D eigenvalue weighted by Gasteiger charge is -2.13. The molecule has 0 aliphatic carbocycles. The van der Waals surface area contributed by atoms with E-state index in [0.717, 1.165) is 22.7 Å². The van der Waals surface area contributed by atoms with Crippen LogP contribution in [0.2, 0.25) is 0 Å². The highest BCUT2D eigenvalue weighted by Crippen LogP contribution is 2.29. The highest BCUT2D eigenvalue weighted by molar-refractivity contribution is 5.64. The Morgan fingerprint density at radius 2 is 1.96 bits per heavy atom. The van der Waals surface area contributed by atoms with Gasteiger partial charge < -0.3 is 14.4 Å². The van der Waals surface area contributed by atoms with E-state index in [0.29, 0.717) is 12.3 Å². The quantitative estimate of drug-likeness (QED) is 0.583. The molecule has 1 N–H and O–H groups in total. The number of rotatable bonds is 6. The number of aliphatic hydroxyl groups excluding tert-OH is 1. The van der Waals surface area contributed by atoms with Gasteiger partial charge in [0.05, 0.1) is 24.4 Å². The first kappa shape index (κ1) is 15.3. The zero-order chi connectivity index (χ0) is 17.1. The minimum absolute atomic E-state index is 0.0307. The Morgan fingerprint density at radius 3 is 2.88 bits per heavy atom. The summed E-state index contributed by atoms with van der Waals surface area (Å²) in [4.78, 5) is 8.71. The van der Waals surface area contributed by atoms with Gasteiger partial charge in [-0.25, -0.2) is 14.5 Å². The van der Waals surface area contributed by atoms with Gasteiger partial charge in [-0.3, -0.25) is 0 Å². The van der Waals surface area contributed by atoms with Gasteiger partial charge in [0, 0.05) is 12.4 Å². The zero-order valence-electron chi connectivity index (χ0n) is 13.5. The Labute approximate surface area is 144 Å². The summed E-state index contributed by atoms with van der Waals surface area (Å²) < 4.78 is 9.50. The van der Waals surface area contributed by atoms with Gasteiger partial charge in [-0.15, -0.1) is 0 Å². The van der Waals surface area contributed by atoms with E-state index in [2.05, 4.69) is 15.1 Å². The van der Waals surface area contributed by atoms with E-state index >= 15 is 0 Å². The van der Waals surface area contributed by atoms with E-state index in [1.54, 1.807) is 12.5 Å². The number of aromatic nitrogens is 5. The van der Waals surface area contributed by atoms with Crippen LogP contribution in [0.3, 0.4) is 0 Å². The second-order valence-corrected chi connectivity index (χ2v) is 5.49. The highest BCUT2D eigenvalue weighted by atomic mass is 16.5. The number of para-hydroxylation sites is 1. The van der Waals surface area contributed by atoms with Crippen molar-refractivity contribution in [2.75, 3.05) is 13.2 Å². The average molecular weight is 335 g/mol. The predicted molar refractivity (Wildman–Crippen MR) is 92.3 cm³/mol. The smallest absolute Gasteiger partial charge is 0.155 e. The summed E-state index contributed by atoms with van der Waals surface area (Å²) in [5.74, 6) is 1.49. The minimum atomic E-state index is -0.0307. The van der Waals surface area contributed by atoms with Gasteiger partial charge in [0.1, 0.15) is 24.5 Å². The number of nitrogens with zero attached hydrogens (tertiary/aromatic N) is 5. The van der Waals surface area contributed by atoms with Crippen LogP contribution in [0.1, 0.15) is 5.69 Å². The standard InChI is InChI=1S/C18H17N5O2/c24-10-11-25-16-6-2-1-5-15(16)18-19-8-9-22(18)12-14-4-3-7-17-20-13-21-23(14)17/h1-9,13,24H,10-12H2. The minimum Gasteiger partial charge on any atom is -0.490 e. The lowest BCUT2D eigenvalue weighted by molar-refractivity contribution is 0.202. The van der Waals surface area contributed by atoms with Crippen LogP contribution in [-0.4, -0.2) is 42.5 Å². The van der Waals surface area contributed by atoms with Gasteiger partial charge in [0.25, 0.3) is 0 Å². The van der Waals surface area contributed by atoms with E-state index in [4.69, 9.17) is 9.84 Å². The molecule has 1 aromatic carbocycles. The maximum absolute atomic E-state index is 9.02. The molecule has 0 saturated heterocycles. The summed E-state index contributed by atoms with van der Waals surface area (Å²) in [5, 5.41) is 13.3. The molecule has 0 fully saturated rings. The number of aliphatic hydroxyl groups is 1. The number of hydrogen-bond donors (Lipinski definition) is 1. The van der Waals surface area contributed by atoms with Crippen molar-refractivity contribution in [1.82, 2.24) is 24.1 Å². The number of pyridine rings is 1. The molecule has 0 saturated carbocycles. The largest absolute Gasteiger partial charge is 0.490 e. The molecule has 0 aliphatic rings. The maximum Gasteiger partial charge on any atom is 0.155 e. The first-order chi connectivity index (χ1) is 12.4. The molecule has 0 aliphatic heterocycles. The molecule has 4 aromatic rings. The molecule has 7 heteroatoms. The summed E-state index contributed by atoms with van der Waals surface area (Å²) in [6, 6.07) is 13.6. The van der Waals surface area contributed by atoms with Crippen molar-refractivity contribution in [1.29, 1.82) is 0 Å². The van der Waals surface area contributed by atoms with E-state index in [-0.39, 0.29) is 13.2 Å². The summed E-state index contributed by atoms with van der Waals surface area (Å²) in [5.41, 5.74) is 2.69. The fraction of sp³-hybridized carbons (Fsp3) is 0.167. The van der Waals surface area contributed by atoms with Crippen molar-refractivity contribution < 1.29 is 9.84 Å². The normalized spacial score (nSPS) is 11.1. The highest BCUT2D eigenvalue weighted by Gasteiger charge is 2.13. The fourth-order valence-corrected chi connectivity index (χ4v) is 2.81. The molecule has 3 heterocycles. The number of benzene rings is 1. The van der Waals surface area contributed by atoms with Crippen LogP contribution in [0.5, 0.6) is 5.75 Å². The Hall–Kier alpha value is -3.19. The summed E-state index contributed by atoms with van der Waals surface area (Å²) in [7, 11) is 0. The van der Waals surface area contributed by atoms with Crippen LogP contribution in [0.15, 0.2) is 61.2 Å². The molecule has 0 spiro atoms. The molecular formula is C18H17N5O2. The van der Waals surface area contributed by atoms with Crippen LogP contribution < -0.4 is 4.74 Å². The van der Waals surface area contributed by atoms with Gasteiger partial charge in [-0.05, 0) is 24.3 Å². The third kappa shape index (κ3) is 2.97. The Balaban J connectivity index is 1.71. The monoisotopic (exact) mass is 335 g/mol. The molecule has 0 unspecified atom stereocenters. The molecule has 0 bridgehead atoms. The van der Waals surface area contributed by atoms with Crippen molar-refractivity contribution in [2.45, 2.75) is 6.54 Å². The van der Waals surface area contributed by atoms with Gasteiger partial charge in [0.2, 0.25) is 0 Å². The Bertz CT molecular complexity index is 992. The van der Waals surface area contributed by atoms with Crippen LogP contribution in [0.25, 0.3) is 17.0 Å². The molecule has 4 rings (SSSR count). The van der Waals surface area contributed by atoms with E-state index in [1.807, 2.05) is 57.7 Å². The second-order valence-electron chi connectivity index (χ2n) is 5.49. The third-order valence-electron chi connectivity index (χ3n) is 3.90.